The van der Waals surface area contributed by atoms with Crippen LogP contribution in [0.2, 0.25) is 0 Å². The van der Waals surface area contributed by atoms with Crippen molar-refractivity contribution in [3.8, 4) is 0 Å². The second kappa shape index (κ2) is 11.8. The number of carbonyl (C=O) groups is 4. The summed E-state index contributed by atoms with van der Waals surface area (Å²) in [5.41, 5.74) is 7.15. The topological polar surface area (TPSA) is 248 Å². The minimum Gasteiger partial charge on any atom is -0.480 e. The van der Waals surface area contributed by atoms with Gasteiger partial charge in [0.15, 0.2) is 0 Å². The second-order valence-corrected chi connectivity index (χ2v) is 6.29. The van der Waals surface area contributed by atoms with Crippen molar-refractivity contribution in [1.82, 2.24) is 9.80 Å². The first-order chi connectivity index (χ1) is 15.0. The van der Waals surface area contributed by atoms with Crippen LogP contribution in [0.1, 0.15) is 11.6 Å². The molecule has 1 aromatic rings. The van der Waals surface area contributed by atoms with Gasteiger partial charge in [0, 0.05) is 29.8 Å². The molecule has 0 amide bonds. The molecule has 0 saturated heterocycles. The molecule has 0 radical (unpaired) electrons. The average molecular weight is 454 g/mol. The van der Waals surface area contributed by atoms with Crippen molar-refractivity contribution >= 4 is 35.3 Å². The van der Waals surface area contributed by atoms with Gasteiger partial charge >= 0.3 is 23.9 Å². The SMILES string of the molecule is [N-]=[N+]=Nc1ccc(C(C(=O)O)N(CCN(CC(=O)O)CC(=O)O)CC(=O)O)c([N+](=O)[O-])c1. The van der Waals surface area contributed by atoms with E-state index in [1.165, 1.54) is 0 Å². The molecule has 0 aliphatic heterocycles. The normalized spacial score (nSPS) is 11.6. The van der Waals surface area contributed by atoms with Gasteiger partial charge in [0.2, 0.25) is 0 Å². The van der Waals surface area contributed by atoms with Crippen molar-refractivity contribution in [2.45, 2.75) is 6.04 Å². The molecule has 1 rings (SSSR count). The van der Waals surface area contributed by atoms with Gasteiger partial charge in [0.1, 0.15) is 6.04 Å². The number of azide groups is 1. The number of nitro groups is 1. The van der Waals surface area contributed by atoms with E-state index < -0.39 is 72.3 Å². The third kappa shape index (κ3) is 7.86. The van der Waals surface area contributed by atoms with Crippen molar-refractivity contribution in [3.05, 3.63) is 44.3 Å². The molecule has 0 fully saturated rings. The van der Waals surface area contributed by atoms with Gasteiger partial charge in [-0.1, -0.05) is 11.2 Å². The molecule has 0 aliphatic carbocycles. The fraction of sp³-hybridized carbons (Fsp3) is 0.375. The van der Waals surface area contributed by atoms with E-state index in [-0.39, 0.29) is 12.2 Å². The van der Waals surface area contributed by atoms with Gasteiger partial charge in [-0.25, -0.2) is 0 Å². The first-order valence-corrected chi connectivity index (χ1v) is 8.64. The summed E-state index contributed by atoms with van der Waals surface area (Å²) in [6.07, 6.45) is 0. The lowest BCUT2D eigenvalue weighted by Crippen LogP contribution is -2.44. The molecule has 0 aliphatic rings. The highest BCUT2D eigenvalue weighted by atomic mass is 16.6. The Morgan fingerprint density at radius 2 is 1.59 bits per heavy atom. The van der Waals surface area contributed by atoms with Crippen LogP contribution in [-0.2, 0) is 19.2 Å². The van der Waals surface area contributed by atoms with Crippen LogP contribution in [0.4, 0.5) is 11.4 Å². The van der Waals surface area contributed by atoms with E-state index in [1.807, 2.05) is 0 Å². The van der Waals surface area contributed by atoms with E-state index in [1.54, 1.807) is 0 Å². The number of carboxylic acid groups (broad SMARTS) is 4. The number of aliphatic carboxylic acids is 4. The Morgan fingerprint density at radius 3 is 2.03 bits per heavy atom. The van der Waals surface area contributed by atoms with E-state index in [2.05, 4.69) is 10.0 Å². The number of hydrogen-bond acceptors (Lipinski definition) is 9. The highest BCUT2D eigenvalue weighted by Gasteiger charge is 2.34. The third-order valence-corrected chi connectivity index (χ3v) is 4.02. The molecular weight excluding hydrogens is 436 g/mol. The van der Waals surface area contributed by atoms with Crippen molar-refractivity contribution in [1.29, 1.82) is 0 Å². The summed E-state index contributed by atoms with van der Waals surface area (Å²) in [6, 6.07) is 1.08. The Labute approximate surface area is 178 Å². The van der Waals surface area contributed by atoms with Crippen LogP contribution in [0.3, 0.4) is 0 Å². The van der Waals surface area contributed by atoms with E-state index in [9.17, 15) is 39.5 Å². The Hall–Kier alpha value is -4.27. The maximum absolute atomic E-state index is 12.0. The largest absolute Gasteiger partial charge is 0.480 e. The summed E-state index contributed by atoms with van der Waals surface area (Å²) in [5.74, 6) is -5.85. The van der Waals surface area contributed by atoms with Gasteiger partial charge in [0.05, 0.1) is 30.1 Å². The van der Waals surface area contributed by atoms with Gasteiger partial charge in [-0.05, 0) is 11.6 Å². The molecule has 16 nitrogen and oxygen atoms in total. The quantitative estimate of drug-likeness (QED) is 0.0987. The highest BCUT2D eigenvalue weighted by Crippen LogP contribution is 2.33. The van der Waals surface area contributed by atoms with Crippen LogP contribution in [0, 0.1) is 10.1 Å². The van der Waals surface area contributed by atoms with Crippen molar-refractivity contribution in [3.63, 3.8) is 0 Å². The van der Waals surface area contributed by atoms with Crippen LogP contribution in [0.15, 0.2) is 23.3 Å². The minimum absolute atomic E-state index is 0.175. The maximum atomic E-state index is 12.0. The van der Waals surface area contributed by atoms with Crippen LogP contribution in [0.25, 0.3) is 10.4 Å². The van der Waals surface area contributed by atoms with Gasteiger partial charge in [-0.15, -0.1) is 0 Å². The van der Waals surface area contributed by atoms with Crippen molar-refractivity contribution in [2.75, 3.05) is 32.7 Å². The molecule has 1 unspecified atom stereocenters. The Balaban J connectivity index is 3.39. The smallest absolute Gasteiger partial charge is 0.325 e. The van der Waals surface area contributed by atoms with E-state index in [4.69, 9.17) is 15.7 Å². The predicted octanol–water partition coefficient (Wildman–Crippen LogP) is 0.520. The molecule has 0 aromatic heterocycles. The monoisotopic (exact) mass is 454 g/mol. The molecule has 0 saturated carbocycles. The molecule has 0 heterocycles. The maximum Gasteiger partial charge on any atom is 0.325 e. The lowest BCUT2D eigenvalue weighted by molar-refractivity contribution is -0.385. The number of hydrogen-bond donors (Lipinski definition) is 4. The fourth-order valence-corrected chi connectivity index (χ4v) is 2.86. The molecule has 32 heavy (non-hydrogen) atoms. The van der Waals surface area contributed by atoms with Crippen LogP contribution in [-0.4, -0.2) is 91.8 Å². The first kappa shape index (κ1) is 25.8. The number of carboxylic acids is 4. The number of nitro benzene ring substituents is 1. The van der Waals surface area contributed by atoms with Gasteiger partial charge in [0.25, 0.3) is 5.69 Å². The summed E-state index contributed by atoms with van der Waals surface area (Å²) in [6.45, 7) is -3.14. The zero-order valence-corrected chi connectivity index (χ0v) is 16.3. The summed E-state index contributed by atoms with van der Waals surface area (Å²) >= 11 is 0. The second-order valence-electron chi connectivity index (χ2n) is 6.29. The van der Waals surface area contributed by atoms with Gasteiger partial charge in [-0.2, -0.15) is 0 Å². The highest BCUT2D eigenvalue weighted by molar-refractivity contribution is 5.79. The lowest BCUT2D eigenvalue weighted by Gasteiger charge is -2.29. The molecule has 16 heteroatoms. The van der Waals surface area contributed by atoms with Crippen LogP contribution >= 0.6 is 0 Å². The molecule has 1 aromatic carbocycles. The zero-order chi connectivity index (χ0) is 24.4. The molecule has 0 bridgehead atoms. The van der Waals surface area contributed by atoms with Crippen molar-refractivity contribution in [2.24, 2.45) is 5.11 Å². The standard InChI is InChI=1S/C16H18N6O10/c17-19-18-9-1-2-10(11(5-9)22(31)32)15(16(29)30)21(8-14(27)28)4-3-20(6-12(23)24)7-13(25)26/h1-2,5,15H,3-4,6-8H2,(H,23,24)(H,25,26)(H,27,28)(H,29,30). The van der Waals surface area contributed by atoms with Gasteiger partial charge in [-0.3, -0.25) is 39.1 Å². The van der Waals surface area contributed by atoms with Gasteiger partial charge < -0.3 is 20.4 Å². The average Bonchev–Trinajstić information content (AvgIpc) is 2.65. The lowest BCUT2D eigenvalue weighted by atomic mass is 10.0. The zero-order valence-electron chi connectivity index (χ0n) is 16.3. The summed E-state index contributed by atoms with van der Waals surface area (Å²) < 4.78 is 0. The third-order valence-electron chi connectivity index (χ3n) is 4.02. The number of rotatable bonds is 14. The summed E-state index contributed by atoms with van der Waals surface area (Å²) in [7, 11) is 0. The number of benzene rings is 1. The first-order valence-electron chi connectivity index (χ1n) is 8.64. The predicted molar refractivity (Wildman–Crippen MR) is 103 cm³/mol. The van der Waals surface area contributed by atoms with E-state index >= 15 is 0 Å². The summed E-state index contributed by atoms with van der Waals surface area (Å²) in [4.78, 5) is 59.9. The molecular formula is C16H18N6O10. The fourth-order valence-electron chi connectivity index (χ4n) is 2.86. The van der Waals surface area contributed by atoms with Crippen LogP contribution < -0.4 is 0 Å². The summed E-state index contributed by atoms with van der Waals surface area (Å²) in [5, 5.41) is 51.4. The van der Waals surface area contributed by atoms with Crippen LogP contribution in [0.5, 0.6) is 0 Å². The Kier molecular flexibility index (Phi) is 9.50. The minimum atomic E-state index is -1.86. The van der Waals surface area contributed by atoms with Crippen molar-refractivity contribution < 1.29 is 44.5 Å². The Bertz CT molecular complexity index is 945. The molecule has 4 N–H and O–H groups in total. The molecule has 1 atom stereocenters. The molecule has 172 valence electrons. The van der Waals surface area contributed by atoms with E-state index in [0.717, 1.165) is 28.0 Å². The Morgan fingerprint density at radius 1 is 1.03 bits per heavy atom. The molecule has 0 spiro atoms. The van der Waals surface area contributed by atoms with E-state index in [0.29, 0.717) is 0 Å². The number of nitrogens with zero attached hydrogens (tertiary/aromatic N) is 6.